The van der Waals surface area contributed by atoms with Crippen molar-refractivity contribution in [3.63, 3.8) is 0 Å². The maximum atomic E-state index is 12.1. The van der Waals surface area contributed by atoms with Gasteiger partial charge in [0, 0.05) is 16.0 Å². The Bertz CT molecular complexity index is 606. The lowest BCUT2D eigenvalue weighted by atomic mass is 10.2. The Kier molecular flexibility index (Phi) is 3.02. The smallest absolute Gasteiger partial charge is 0.244 e. The summed E-state index contributed by atoms with van der Waals surface area (Å²) in [7, 11) is -3.48. The molecule has 16 heavy (non-hydrogen) atoms. The van der Waals surface area contributed by atoms with Crippen LogP contribution in [0.15, 0.2) is 41.8 Å². The van der Waals surface area contributed by atoms with Gasteiger partial charge in [0.1, 0.15) is 6.33 Å². The molecular weight excluding hydrogens is 339 g/mol. The van der Waals surface area contributed by atoms with Crippen molar-refractivity contribution in [2.24, 2.45) is 0 Å². The van der Waals surface area contributed by atoms with E-state index in [2.05, 4.69) is 27.6 Å². The molecule has 0 saturated carbocycles. The van der Waals surface area contributed by atoms with Crippen molar-refractivity contribution >= 4 is 32.6 Å². The molecule has 0 amide bonds. The molecule has 2 rings (SSSR count). The molecule has 4 nitrogen and oxygen atoms in total. The molecule has 0 unspecified atom stereocenters. The van der Waals surface area contributed by atoms with E-state index in [4.69, 9.17) is 0 Å². The summed E-state index contributed by atoms with van der Waals surface area (Å²) in [5.74, 6) is 0. The van der Waals surface area contributed by atoms with E-state index in [1.807, 2.05) is 6.92 Å². The van der Waals surface area contributed by atoms with Crippen LogP contribution in [0.1, 0.15) is 5.56 Å². The molecule has 84 valence electrons. The van der Waals surface area contributed by atoms with Crippen molar-refractivity contribution in [1.29, 1.82) is 0 Å². The van der Waals surface area contributed by atoms with Crippen LogP contribution in [0.3, 0.4) is 0 Å². The zero-order valence-corrected chi connectivity index (χ0v) is 11.4. The van der Waals surface area contributed by atoms with Gasteiger partial charge in [0.05, 0.1) is 4.90 Å². The largest absolute Gasteiger partial charge is 0.268 e. The fraction of sp³-hybridized carbons (Fsp3) is 0.100. The highest BCUT2D eigenvalue weighted by atomic mass is 127. The molecule has 0 N–H and O–H groups in total. The molecule has 6 heteroatoms. The van der Waals surface area contributed by atoms with E-state index >= 15 is 0 Å². The molecule has 0 bridgehead atoms. The summed E-state index contributed by atoms with van der Waals surface area (Å²) in [6.07, 6.45) is 4.14. The Morgan fingerprint density at radius 3 is 2.69 bits per heavy atom. The van der Waals surface area contributed by atoms with Crippen LogP contribution in [0.25, 0.3) is 0 Å². The second-order valence-electron chi connectivity index (χ2n) is 3.31. The fourth-order valence-corrected chi connectivity index (χ4v) is 2.83. The molecule has 0 aliphatic rings. The number of halogens is 1. The maximum absolute atomic E-state index is 12.1. The van der Waals surface area contributed by atoms with Gasteiger partial charge in [-0.3, -0.25) is 0 Å². The van der Waals surface area contributed by atoms with Gasteiger partial charge < -0.3 is 0 Å². The molecule has 0 saturated heterocycles. The number of imidazole rings is 1. The van der Waals surface area contributed by atoms with E-state index in [1.54, 1.807) is 18.2 Å². The molecule has 0 aliphatic heterocycles. The monoisotopic (exact) mass is 348 g/mol. The Morgan fingerprint density at radius 1 is 1.38 bits per heavy atom. The summed E-state index contributed by atoms with van der Waals surface area (Å²) in [6, 6.07) is 5.06. The lowest BCUT2D eigenvalue weighted by molar-refractivity contribution is 0.587. The third kappa shape index (κ3) is 1.99. The predicted octanol–water partition coefficient (Wildman–Crippen LogP) is 2.03. The fourth-order valence-electron chi connectivity index (χ4n) is 1.29. The average Bonchev–Trinajstić information content (AvgIpc) is 2.75. The van der Waals surface area contributed by atoms with Crippen molar-refractivity contribution in [2.75, 3.05) is 0 Å². The maximum Gasteiger partial charge on any atom is 0.268 e. The van der Waals surface area contributed by atoms with Crippen molar-refractivity contribution in [1.82, 2.24) is 8.96 Å². The minimum atomic E-state index is -3.48. The van der Waals surface area contributed by atoms with Gasteiger partial charge in [-0.25, -0.2) is 17.4 Å². The van der Waals surface area contributed by atoms with E-state index in [9.17, 15) is 8.42 Å². The molecule has 1 aromatic carbocycles. The molecule has 1 heterocycles. The molecule has 2 aromatic rings. The highest BCUT2D eigenvalue weighted by Crippen LogP contribution is 2.18. The summed E-state index contributed by atoms with van der Waals surface area (Å²) < 4.78 is 26.3. The van der Waals surface area contributed by atoms with Crippen LogP contribution in [0.5, 0.6) is 0 Å². The number of hydrogen-bond acceptors (Lipinski definition) is 3. The number of rotatable bonds is 2. The second-order valence-corrected chi connectivity index (χ2v) is 6.31. The van der Waals surface area contributed by atoms with E-state index in [-0.39, 0.29) is 4.90 Å². The van der Waals surface area contributed by atoms with Gasteiger partial charge in [0.15, 0.2) is 0 Å². The van der Waals surface area contributed by atoms with Gasteiger partial charge in [-0.05, 0) is 53.3 Å². The summed E-state index contributed by atoms with van der Waals surface area (Å²) in [6.45, 7) is 1.88. The zero-order valence-electron chi connectivity index (χ0n) is 8.46. The first-order valence-electron chi connectivity index (χ1n) is 4.51. The Balaban J connectivity index is 2.57. The standard InChI is InChI=1S/C10H9IN2O2S/c1-8-6-9(2-3-10(8)11)16(14,15)13-5-4-12-7-13/h2-7H,1H3. The topological polar surface area (TPSA) is 52.0 Å². The van der Waals surface area contributed by atoms with E-state index in [1.165, 1.54) is 18.7 Å². The Labute approximate surface area is 108 Å². The first-order chi connectivity index (χ1) is 7.51. The lowest BCUT2D eigenvalue weighted by Crippen LogP contribution is -2.11. The van der Waals surface area contributed by atoms with Gasteiger partial charge >= 0.3 is 0 Å². The molecule has 0 atom stereocenters. The van der Waals surface area contributed by atoms with Gasteiger partial charge in [0.25, 0.3) is 10.0 Å². The highest BCUT2D eigenvalue weighted by Gasteiger charge is 2.16. The Morgan fingerprint density at radius 2 is 2.12 bits per heavy atom. The first kappa shape index (κ1) is 11.6. The molecule has 1 aromatic heterocycles. The van der Waals surface area contributed by atoms with Crippen molar-refractivity contribution < 1.29 is 8.42 Å². The van der Waals surface area contributed by atoms with E-state index in [0.717, 1.165) is 13.1 Å². The third-order valence-corrected chi connectivity index (χ3v) is 5.02. The van der Waals surface area contributed by atoms with Crippen LogP contribution in [-0.2, 0) is 10.0 Å². The Hall–Kier alpha value is -0.890. The van der Waals surface area contributed by atoms with Crippen LogP contribution in [0.4, 0.5) is 0 Å². The quantitative estimate of drug-likeness (QED) is 0.781. The number of aryl methyl sites for hydroxylation is 1. The molecule has 0 aliphatic carbocycles. The minimum Gasteiger partial charge on any atom is -0.244 e. The average molecular weight is 348 g/mol. The SMILES string of the molecule is Cc1cc(S(=O)(=O)n2ccnc2)ccc1I. The summed E-state index contributed by atoms with van der Waals surface area (Å²) >= 11 is 2.17. The van der Waals surface area contributed by atoms with Crippen LogP contribution in [0, 0.1) is 10.5 Å². The lowest BCUT2D eigenvalue weighted by Gasteiger charge is -2.06. The molecule has 0 radical (unpaired) electrons. The van der Waals surface area contributed by atoms with Gasteiger partial charge in [-0.15, -0.1) is 0 Å². The highest BCUT2D eigenvalue weighted by molar-refractivity contribution is 14.1. The van der Waals surface area contributed by atoms with Crippen LogP contribution < -0.4 is 0 Å². The number of hydrogen-bond donors (Lipinski definition) is 0. The normalized spacial score (nSPS) is 11.6. The minimum absolute atomic E-state index is 0.281. The van der Waals surface area contributed by atoms with Crippen LogP contribution in [-0.4, -0.2) is 17.4 Å². The first-order valence-corrected chi connectivity index (χ1v) is 7.03. The predicted molar refractivity (Wildman–Crippen MR) is 68.7 cm³/mol. The molecule has 0 spiro atoms. The summed E-state index contributed by atoms with van der Waals surface area (Å²) in [5, 5.41) is 0. The van der Waals surface area contributed by atoms with E-state index in [0.29, 0.717) is 0 Å². The van der Waals surface area contributed by atoms with Gasteiger partial charge in [0.2, 0.25) is 0 Å². The zero-order chi connectivity index (χ0) is 11.8. The van der Waals surface area contributed by atoms with Crippen LogP contribution >= 0.6 is 22.6 Å². The van der Waals surface area contributed by atoms with Gasteiger partial charge in [-0.1, -0.05) is 0 Å². The van der Waals surface area contributed by atoms with Crippen molar-refractivity contribution in [3.8, 4) is 0 Å². The molecule has 0 fully saturated rings. The van der Waals surface area contributed by atoms with Crippen molar-refractivity contribution in [2.45, 2.75) is 11.8 Å². The van der Waals surface area contributed by atoms with Crippen LogP contribution in [0.2, 0.25) is 0 Å². The summed E-state index contributed by atoms with van der Waals surface area (Å²) in [5.41, 5.74) is 0.946. The number of nitrogens with zero attached hydrogens (tertiary/aromatic N) is 2. The second kappa shape index (κ2) is 4.17. The van der Waals surface area contributed by atoms with Gasteiger partial charge in [-0.2, -0.15) is 0 Å². The number of aromatic nitrogens is 2. The summed E-state index contributed by atoms with van der Waals surface area (Å²) in [4.78, 5) is 4.02. The van der Waals surface area contributed by atoms with Crippen molar-refractivity contribution in [3.05, 3.63) is 46.1 Å². The number of benzene rings is 1. The van der Waals surface area contributed by atoms with E-state index < -0.39 is 10.0 Å². The third-order valence-electron chi connectivity index (χ3n) is 2.18. The molecular formula is C10H9IN2O2S.